The Morgan fingerprint density at radius 1 is 0.917 bits per heavy atom. The molecule has 0 aliphatic heterocycles. The highest BCUT2D eigenvalue weighted by molar-refractivity contribution is 5.85. The molecular weight excluding hydrogens is 308 g/mol. The van der Waals surface area contributed by atoms with E-state index in [-0.39, 0.29) is 30.2 Å². The van der Waals surface area contributed by atoms with Crippen LogP contribution in [-0.2, 0) is 14.4 Å². The molecular formula is C18H28N2O4. The number of carboxylic acid groups (broad SMARTS) is 1. The minimum absolute atomic E-state index is 0.0156. The van der Waals surface area contributed by atoms with Gasteiger partial charge in [-0.2, -0.15) is 0 Å². The van der Waals surface area contributed by atoms with E-state index >= 15 is 0 Å². The fraction of sp³-hybridized carbons (Fsp3) is 0.833. The molecule has 4 aliphatic rings. The predicted octanol–water partition coefficient (Wildman–Crippen LogP) is 1.69. The molecule has 4 aliphatic carbocycles. The number of carboxylic acids is 1. The number of carbonyl (C=O) groups excluding carboxylic acids is 2. The van der Waals surface area contributed by atoms with Gasteiger partial charge in [0.1, 0.15) is 0 Å². The van der Waals surface area contributed by atoms with Crippen molar-refractivity contribution in [3.63, 3.8) is 0 Å². The van der Waals surface area contributed by atoms with Crippen molar-refractivity contribution in [2.24, 2.45) is 23.2 Å². The first-order valence-electron chi connectivity index (χ1n) is 9.19. The average molecular weight is 336 g/mol. The van der Waals surface area contributed by atoms with Crippen LogP contribution in [0.1, 0.15) is 57.8 Å². The molecule has 0 atom stereocenters. The molecule has 0 aromatic carbocycles. The van der Waals surface area contributed by atoms with Crippen LogP contribution >= 0.6 is 0 Å². The Bertz CT molecular complexity index is 482. The Kier molecular flexibility index (Phi) is 5.11. The number of aliphatic carboxylic acids is 1. The van der Waals surface area contributed by atoms with Crippen LogP contribution in [0.15, 0.2) is 0 Å². The van der Waals surface area contributed by atoms with E-state index in [1.807, 2.05) is 0 Å². The summed E-state index contributed by atoms with van der Waals surface area (Å²) in [6.07, 6.45) is 8.65. The zero-order valence-electron chi connectivity index (χ0n) is 14.2. The molecule has 2 amide bonds. The maximum absolute atomic E-state index is 12.3. The van der Waals surface area contributed by atoms with Crippen molar-refractivity contribution >= 4 is 17.8 Å². The summed E-state index contributed by atoms with van der Waals surface area (Å²) in [7, 11) is 0. The molecule has 0 aromatic rings. The van der Waals surface area contributed by atoms with E-state index in [0.717, 1.165) is 17.8 Å². The van der Waals surface area contributed by atoms with Crippen LogP contribution < -0.4 is 10.6 Å². The summed E-state index contributed by atoms with van der Waals surface area (Å²) in [6.45, 7) is 0.314. The predicted molar refractivity (Wildman–Crippen MR) is 88.1 cm³/mol. The highest BCUT2D eigenvalue weighted by atomic mass is 16.4. The van der Waals surface area contributed by atoms with Crippen LogP contribution in [0.5, 0.6) is 0 Å². The number of rotatable bonds is 8. The van der Waals surface area contributed by atoms with E-state index in [4.69, 9.17) is 5.11 Å². The summed E-state index contributed by atoms with van der Waals surface area (Å²) < 4.78 is 0. The summed E-state index contributed by atoms with van der Waals surface area (Å²) in [4.78, 5) is 34.4. The van der Waals surface area contributed by atoms with Gasteiger partial charge in [-0.3, -0.25) is 14.4 Å². The third-order valence-corrected chi connectivity index (χ3v) is 6.04. The number of nitrogens with one attached hydrogen (secondary N) is 2. The van der Waals surface area contributed by atoms with Gasteiger partial charge in [-0.1, -0.05) is 0 Å². The van der Waals surface area contributed by atoms with Crippen LogP contribution in [0.3, 0.4) is 0 Å². The quantitative estimate of drug-likeness (QED) is 0.588. The summed E-state index contributed by atoms with van der Waals surface area (Å²) in [6, 6.07) is 0. The summed E-state index contributed by atoms with van der Waals surface area (Å²) in [5.41, 5.74) is 0.191. The first-order chi connectivity index (χ1) is 11.4. The van der Waals surface area contributed by atoms with E-state index in [1.54, 1.807) is 0 Å². The van der Waals surface area contributed by atoms with Crippen molar-refractivity contribution in [3.05, 3.63) is 0 Å². The van der Waals surface area contributed by atoms with E-state index in [0.29, 0.717) is 19.4 Å². The maximum Gasteiger partial charge on any atom is 0.303 e. The van der Waals surface area contributed by atoms with Crippen molar-refractivity contribution in [1.82, 2.24) is 10.6 Å². The molecule has 4 saturated carbocycles. The first-order valence-corrected chi connectivity index (χ1v) is 9.19. The van der Waals surface area contributed by atoms with Crippen molar-refractivity contribution < 1.29 is 19.5 Å². The van der Waals surface area contributed by atoms with Crippen LogP contribution in [0.4, 0.5) is 0 Å². The largest absolute Gasteiger partial charge is 0.481 e. The minimum atomic E-state index is -0.867. The molecule has 6 heteroatoms. The van der Waals surface area contributed by atoms with Crippen LogP contribution in [0, 0.1) is 23.2 Å². The zero-order chi connectivity index (χ0) is 17.2. The fourth-order valence-corrected chi connectivity index (χ4v) is 5.62. The molecule has 6 nitrogen and oxygen atoms in total. The number of hydrogen-bond donors (Lipinski definition) is 3. The second-order valence-corrected chi connectivity index (χ2v) is 8.22. The van der Waals surface area contributed by atoms with Crippen LogP contribution in [0.25, 0.3) is 0 Å². The monoisotopic (exact) mass is 336 g/mol. The van der Waals surface area contributed by atoms with Crippen molar-refractivity contribution in [2.75, 3.05) is 13.1 Å². The van der Waals surface area contributed by atoms with Gasteiger partial charge in [0.15, 0.2) is 0 Å². The van der Waals surface area contributed by atoms with Crippen molar-refractivity contribution in [1.29, 1.82) is 0 Å². The second kappa shape index (κ2) is 7.11. The zero-order valence-corrected chi connectivity index (χ0v) is 14.2. The van der Waals surface area contributed by atoms with Gasteiger partial charge >= 0.3 is 5.97 Å². The van der Waals surface area contributed by atoms with Crippen LogP contribution in [-0.4, -0.2) is 36.0 Å². The highest BCUT2D eigenvalue weighted by Gasteiger charge is 2.51. The van der Waals surface area contributed by atoms with Gasteiger partial charge < -0.3 is 15.7 Å². The molecule has 3 N–H and O–H groups in total. The Labute approximate surface area is 142 Å². The average Bonchev–Trinajstić information content (AvgIpc) is 2.47. The van der Waals surface area contributed by atoms with Gasteiger partial charge in [-0.05, 0) is 68.1 Å². The molecule has 0 spiro atoms. The summed E-state index contributed by atoms with van der Waals surface area (Å²) in [5, 5.41) is 13.9. The third kappa shape index (κ3) is 4.28. The van der Waals surface area contributed by atoms with Gasteiger partial charge in [0.25, 0.3) is 0 Å². The Hall–Kier alpha value is -1.59. The summed E-state index contributed by atoms with van der Waals surface area (Å²) in [5.74, 6) is 1.33. The van der Waals surface area contributed by atoms with Gasteiger partial charge in [0.2, 0.25) is 11.8 Å². The normalized spacial score (nSPS) is 33.2. The molecule has 4 bridgehead atoms. The molecule has 0 saturated heterocycles. The van der Waals surface area contributed by atoms with E-state index in [1.165, 1.54) is 38.5 Å². The second-order valence-electron chi connectivity index (χ2n) is 8.22. The van der Waals surface area contributed by atoms with E-state index in [2.05, 4.69) is 10.6 Å². The lowest BCUT2D eigenvalue weighted by Crippen LogP contribution is -2.48. The minimum Gasteiger partial charge on any atom is -0.481 e. The van der Waals surface area contributed by atoms with Crippen LogP contribution in [0.2, 0.25) is 0 Å². The fourth-order valence-electron chi connectivity index (χ4n) is 5.62. The van der Waals surface area contributed by atoms with Gasteiger partial charge in [-0.25, -0.2) is 0 Å². The first kappa shape index (κ1) is 17.2. The topological polar surface area (TPSA) is 95.5 Å². The lowest BCUT2D eigenvalue weighted by Gasteiger charge is -2.56. The Balaban J connectivity index is 1.37. The standard InChI is InChI=1S/C18H28N2O4/c21-15(20-11-16(22)19-3-1-2-17(23)24)10-18-7-12-4-13(8-18)6-14(5-12)9-18/h12-14H,1-11H2,(H,19,22)(H,20,21)(H,23,24). The SMILES string of the molecule is O=C(O)CCCNC(=O)CNC(=O)CC12CC3CC(CC(C3)C1)C2. The van der Waals surface area contributed by atoms with Gasteiger partial charge in [0.05, 0.1) is 6.54 Å². The molecule has 4 rings (SSSR count). The molecule has 0 heterocycles. The smallest absolute Gasteiger partial charge is 0.303 e. The molecule has 0 radical (unpaired) electrons. The molecule has 134 valence electrons. The number of amides is 2. The number of carbonyl (C=O) groups is 3. The summed E-state index contributed by atoms with van der Waals surface area (Å²) >= 11 is 0. The maximum atomic E-state index is 12.3. The molecule has 0 unspecified atom stereocenters. The van der Waals surface area contributed by atoms with Gasteiger partial charge in [0, 0.05) is 19.4 Å². The van der Waals surface area contributed by atoms with E-state index in [9.17, 15) is 14.4 Å². The molecule has 24 heavy (non-hydrogen) atoms. The Morgan fingerprint density at radius 2 is 1.50 bits per heavy atom. The lowest BCUT2D eigenvalue weighted by molar-refractivity contribution is -0.137. The van der Waals surface area contributed by atoms with Gasteiger partial charge in [-0.15, -0.1) is 0 Å². The third-order valence-electron chi connectivity index (χ3n) is 6.04. The van der Waals surface area contributed by atoms with Crippen molar-refractivity contribution in [2.45, 2.75) is 57.8 Å². The molecule has 4 fully saturated rings. The van der Waals surface area contributed by atoms with E-state index < -0.39 is 5.97 Å². The number of hydrogen-bond acceptors (Lipinski definition) is 3. The highest BCUT2D eigenvalue weighted by Crippen LogP contribution is 2.61. The Morgan fingerprint density at radius 3 is 2.04 bits per heavy atom. The van der Waals surface area contributed by atoms with Crippen molar-refractivity contribution in [3.8, 4) is 0 Å². The lowest BCUT2D eigenvalue weighted by atomic mass is 9.49. The molecule has 0 aromatic heterocycles.